The van der Waals surface area contributed by atoms with Crippen molar-refractivity contribution in [1.29, 1.82) is 0 Å². The fourth-order valence-corrected chi connectivity index (χ4v) is 20.2. The molecular formula is C128H106N2. The van der Waals surface area contributed by atoms with Crippen LogP contribution in [-0.4, -0.2) is 9.13 Å². The van der Waals surface area contributed by atoms with Gasteiger partial charge in [0, 0.05) is 56.7 Å². The summed E-state index contributed by atoms with van der Waals surface area (Å²) in [6.07, 6.45) is 0. The summed E-state index contributed by atoms with van der Waals surface area (Å²) in [7, 11) is 0. The Morgan fingerprint density at radius 3 is 0.646 bits per heavy atom. The summed E-state index contributed by atoms with van der Waals surface area (Å²) >= 11 is 0. The van der Waals surface area contributed by atoms with Gasteiger partial charge >= 0.3 is 0 Å². The fraction of sp³-hybridized carbons (Fsp3) is 0.125. The van der Waals surface area contributed by atoms with Crippen molar-refractivity contribution >= 4 is 86.7 Å². The van der Waals surface area contributed by atoms with Crippen LogP contribution in [0.1, 0.15) is 92.9 Å². The van der Waals surface area contributed by atoms with Crippen molar-refractivity contribution in [2.75, 3.05) is 0 Å². The van der Waals surface area contributed by atoms with Crippen LogP contribution >= 0.6 is 0 Å². The molecule has 2 heterocycles. The van der Waals surface area contributed by atoms with Gasteiger partial charge in [0.1, 0.15) is 0 Å². The van der Waals surface area contributed by atoms with E-state index in [4.69, 9.17) is 0 Å². The third kappa shape index (κ3) is 15.2. The minimum absolute atomic E-state index is 0.0119. The smallest absolute Gasteiger partial charge is 0.0491 e. The minimum Gasteiger partial charge on any atom is -0.341 e. The molecule has 2 heteroatoms. The fourth-order valence-electron chi connectivity index (χ4n) is 20.2. The number of fused-ring (bicyclic) bond motifs is 10. The second-order valence-electron chi connectivity index (χ2n) is 38.4. The van der Waals surface area contributed by atoms with Crippen LogP contribution in [0.3, 0.4) is 0 Å². The molecule has 0 saturated heterocycles. The van der Waals surface area contributed by atoms with Crippen LogP contribution in [0.4, 0.5) is 0 Å². The maximum Gasteiger partial charge on any atom is 0.0491 e. The van der Waals surface area contributed by atoms with Crippen molar-refractivity contribution in [3.63, 3.8) is 0 Å². The molecule has 130 heavy (non-hydrogen) atoms. The van der Waals surface area contributed by atoms with Crippen LogP contribution in [0, 0.1) is 0 Å². The molecule has 0 fully saturated rings. The summed E-state index contributed by atoms with van der Waals surface area (Å²) in [5.74, 6) is 0. The Balaban J connectivity index is 0.000000160. The number of nitrogens with zero attached hydrogens (tertiary/aromatic N) is 2. The summed E-state index contributed by atoms with van der Waals surface area (Å²) in [5, 5.41) is 15.4. The number of hydrogen-bond acceptors (Lipinski definition) is 0. The van der Waals surface area contributed by atoms with Crippen LogP contribution in [0.25, 0.3) is 220 Å². The molecule has 22 aromatic rings. The van der Waals surface area contributed by atoms with E-state index in [9.17, 15) is 0 Å². The van der Waals surface area contributed by atoms with Crippen molar-refractivity contribution in [2.24, 2.45) is 0 Å². The molecule has 0 N–H and O–H groups in total. The minimum atomic E-state index is -0.0136. The van der Waals surface area contributed by atoms with Gasteiger partial charge in [0.2, 0.25) is 0 Å². The third-order valence-electron chi connectivity index (χ3n) is 27.3. The van der Waals surface area contributed by atoms with Gasteiger partial charge in [-0.05, 0) is 290 Å². The molecule has 2 aromatic heterocycles. The summed E-state index contributed by atoms with van der Waals surface area (Å²) < 4.78 is 4.86. The predicted molar refractivity (Wildman–Crippen MR) is 562 cm³/mol. The highest BCUT2D eigenvalue weighted by atomic mass is 15.0. The lowest BCUT2D eigenvalue weighted by Crippen LogP contribution is -2.11. The number of benzene rings is 20. The Hall–Kier alpha value is -15.0. The highest BCUT2D eigenvalue weighted by Crippen LogP contribution is 2.51. The van der Waals surface area contributed by atoms with Gasteiger partial charge in [-0.1, -0.05) is 414 Å². The topological polar surface area (TPSA) is 9.86 Å². The van der Waals surface area contributed by atoms with Crippen LogP contribution in [0.2, 0.25) is 0 Å². The molecule has 2 nitrogen and oxygen atoms in total. The van der Waals surface area contributed by atoms with Gasteiger partial charge in [-0.15, -0.1) is 0 Å². The largest absolute Gasteiger partial charge is 0.341 e. The zero-order valence-electron chi connectivity index (χ0n) is 76.1. The number of aromatic nitrogens is 2. The maximum absolute atomic E-state index is 2.47. The van der Waals surface area contributed by atoms with Gasteiger partial charge in [-0.3, -0.25) is 0 Å². The molecule has 20 aromatic carbocycles. The second kappa shape index (κ2) is 33.3. The van der Waals surface area contributed by atoms with Crippen LogP contribution in [0.5, 0.6) is 0 Å². The first-order valence-corrected chi connectivity index (χ1v) is 46.3. The first-order chi connectivity index (χ1) is 63.2. The molecule has 22 rings (SSSR count). The van der Waals surface area contributed by atoms with Gasteiger partial charge in [0.15, 0.2) is 0 Å². The van der Waals surface area contributed by atoms with Gasteiger partial charge in [-0.25, -0.2) is 0 Å². The Morgan fingerprint density at radius 2 is 0.331 bits per heavy atom. The summed E-state index contributed by atoms with van der Waals surface area (Å²) in [6, 6.07) is 156. The monoisotopic (exact) mass is 1670 g/mol. The Bertz CT molecular complexity index is 8030. The molecule has 0 spiro atoms. The molecule has 0 saturated carbocycles. The number of para-hydroxylation sites is 1. The normalized spacial score (nSPS) is 12.0. The lowest BCUT2D eigenvalue weighted by atomic mass is 9.79. The average molecular weight is 1670 g/mol. The lowest BCUT2D eigenvalue weighted by molar-refractivity contribution is 0.590. The molecular weight excluding hydrogens is 1570 g/mol. The molecule has 0 aliphatic rings. The van der Waals surface area contributed by atoms with Crippen molar-refractivity contribution in [1.82, 2.24) is 9.13 Å². The summed E-state index contributed by atoms with van der Waals surface area (Å²) in [5.41, 5.74) is 38.8. The van der Waals surface area contributed by atoms with E-state index in [0.717, 1.165) is 13.1 Å². The quantitative estimate of drug-likeness (QED) is 0.0961. The second-order valence-corrected chi connectivity index (χ2v) is 38.4. The first-order valence-electron chi connectivity index (χ1n) is 46.3. The zero-order chi connectivity index (χ0) is 88.7. The molecule has 0 aliphatic carbocycles. The molecule has 0 radical (unpaired) electrons. The van der Waals surface area contributed by atoms with E-state index in [1.165, 1.54) is 237 Å². The van der Waals surface area contributed by atoms with Crippen LogP contribution in [-0.2, 0) is 29.3 Å². The SMILES string of the molecule is CCn1c2ccc(-c3ccc(-c4ccc(-c5c6ccc(C(C)(C)C)cc6c(-c6ccc(-c7ccc(-c8ccccc8)cc7)cc6)c6ccc(C(C)(C)C)cc56)cc4)cc3)cc2c2cc(C(C)(C)C)ccc21.CCn1c2ccccc2c2cc(-c3ccc(-c4ccc(-c5c6ccc(-c7ccccc7)cc6c(-c6ccccc6)c6ccc(-c7ccccc7)cc56)cc4)cc3)ccc21. The molecule has 0 atom stereocenters. The van der Waals surface area contributed by atoms with Gasteiger partial charge in [0.05, 0.1) is 0 Å². The van der Waals surface area contributed by atoms with Crippen molar-refractivity contribution in [3.8, 4) is 134 Å². The number of aryl methyl sites for hydroxylation is 2. The van der Waals surface area contributed by atoms with E-state index in [1.807, 2.05) is 0 Å². The van der Waals surface area contributed by atoms with E-state index in [2.05, 4.69) is 504 Å². The van der Waals surface area contributed by atoms with E-state index in [-0.39, 0.29) is 16.2 Å². The predicted octanol–water partition coefficient (Wildman–Crippen LogP) is 36.1. The molecule has 0 unspecified atom stereocenters. The van der Waals surface area contributed by atoms with Gasteiger partial charge < -0.3 is 9.13 Å². The van der Waals surface area contributed by atoms with E-state index in [0.29, 0.717) is 0 Å². The molecule has 0 amide bonds. The van der Waals surface area contributed by atoms with Crippen LogP contribution in [0.15, 0.2) is 419 Å². The summed E-state index contributed by atoms with van der Waals surface area (Å²) in [6.45, 7) is 27.2. The molecule has 628 valence electrons. The Morgan fingerprint density at radius 1 is 0.146 bits per heavy atom. The average Bonchev–Trinajstić information content (AvgIpc) is 0.948. The summed E-state index contributed by atoms with van der Waals surface area (Å²) in [4.78, 5) is 0. The van der Waals surface area contributed by atoms with Crippen molar-refractivity contribution in [2.45, 2.75) is 105 Å². The van der Waals surface area contributed by atoms with Crippen LogP contribution < -0.4 is 0 Å². The van der Waals surface area contributed by atoms with E-state index >= 15 is 0 Å². The van der Waals surface area contributed by atoms with E-state index < -0.39 is 0 Å². The number of hydrogen-bond donors (Lipinski definition) is 0. The van der Waals surface area contributed by atoms with Gasteiger partial charge in [-0.2, -0.15) is 0 Å². The highest BCUT2D eigenvalue weighted by Gasteiger charge is 2.26. The van der Waals surface area contributed by atoms with E-state index in [1.54, 1.807) is 0 Å². The molecule has 0 aliphatic heterocycles. The Kier molecular flexibility index (Phi) is 21.0. The Labute approximate surface area is 764 Å². The van der Waals surface area contributed by atoms with Crippen molar-refractivity contribution in [3.05, 3.63) is 435 Å². The standard InChI is InChI=1S/C70H65N.C58H41N/c1-11-71-64-39-33-54(41-60(64)61-42-57(70(8,9)10)36-40-65(61)71)51-23-21-48(22-24-51)50-27-31-53(32-28-50)67-59-38-35-55(68(2,3)4)43-62(59)66(58-37-34-56(44-63(58)67)69(5,6)7)52-29-25-49(26-30-52)47-19-17-46(18-20-47)45-15-13-12-14-16-45;1-2-59-55-21-13-12-20-49(55)52-36-48(32-35-56(52)59)43-24-22-41(23-25-43)42-26-28-45(29-27-42)58-51-34-31-46(39-14-6-3-7-15-39)37-53(51)57(44-18-10-5-11-19-44)50-33-30-47(38-54(50)58)40-16-8-4-9-17-40/h12-44H,11H2,1-10H3;3-38H,2H2,1H3. The lowest BCUT2D eigenvalue weighted by Gasteiger charge is -2.25. The van der Waals surface area contributed by atoms with Gasteiger partial charge in [0.25, 0.3) is 0 Å². The number of rotatable bonds is 14. The van der Waals surface area contributed by atoms with Crippen molar-refractivity contribution < 1.29 is 0 Å². The first kappa shape index (κ1) is 82.0. The maximum atomic E-state index is 2.47. The molecule has 0 bridgehead atoms. The highest BCUT2D eigenvalue weighted by molar-refractivity contribution is 6.24. The zero-order valence-corrected chi connectivity index (χ0v) is 76.1. The third-order valence-corrected chi connectivity index (χ3v) is 27.3.